The maximum absolute atomic E-state index is 11.7. The Labute approximate surface area is 122 Å². The number of aromatic nitrogens is 2. The predicted molar refractivity (Wildman–Crippen MR) is 75.2 cm³/mol. The Morgan fingerprint density at radius 2 is 2.40 bits per heavy atom. The number of carbonyl (C=O) groups is 1. The second-order valence-electron chi connectivity index (χ2n) is 5.27. The van der Waals surface area contributed by atoms with Gasteiger partial charge in [-0.05, 0) is 18.8 Å². The van der Waals surface area contributed by atoms with Crippen molar-refractivity contribution >= 4 is 23.4 Å². The average molecular weight is 300 g/mol. The van der Waals surface area contributed by atoms with Gasteiger partial charge in [-0.2, -0.15) is 4.98 Å². The number of hydrogen-bond donors (Lipinski definition) is 2. The molecule has 0 saturated heterocycles. The molecule has 2 unspecified atom stereocenters. The lowest BCUT2D eigenvalue weighted by Gasteiger charge is -2.37. The number of nitrogens with one attached hydrogen (secondary N) is 1. The van der Waals surface area contributed by atoms with Crippen LogP contribution in [0.1, 0.15) is 32.6 Å². The molecule has 0 aliphatic heterocycles. The van der Waals surface area contributed by atoms with Crippen LogP contribution >= 0.6 is 11.6 Å². The molecule has 1 aliphatic rings. The van der Waals surface area contributed by atoms with Crippen molar-refractivity contribution in [2.45, 2.75) is 38.1 Å². The van der Waals surface area contributed by atoms with E-state index in [1.165, 1.54) is 13.3 Å². The molecule has 110 valence electrons. The first-order valence-electron chi connectivity index (χ1n) is 6.55. The highest BCUT2D eigenvalue weighted by atomic mass is 35.5. The van der Waals surface area contributed by atoms with Crippen molar-refractivity contribution < 1.29 is 14.6 Å². The van der Waals surface area contributed by atoms with Gasteiger partial charge in [-0.3, -0.25) is 0 Å². The molecule has 0 radical (unpaired) electrons. The number of hydrogen-bond acceptors (Lipinski definition) is 5. The first-order chi connectivity index (χ1) is 9.47. The summed E-state index contributed by atoms with van der Waals surface area (Å²) in [6.07, 6.45) is 4.40. The minimum Gasteiger partial charge on any atom is -0.480 e. The minimum absolute atomic E-state index is 0.154. The molecule has 0 aromatic carbocycles. The third kappa shape index (κ3) is 2.95. The van der Waals surface area contributed by atoms with Crippen LogP contribution in [0, 0.1) is 5.92 Å². The molecule has 1 aromatic rings. The van der Waals surface area contributed by atoms with Crippen molar-refractivity contribution in [1.82, 2.24) is 9.97 Å². The molecule has 1 fully saturated rings. The fourth-order valence-electron chi connectivity index (χ4n) is 2.68. The summed E-state index contributed by atoms with van der Waals surface area (Å²) in [7, 11) is 1.45. The number of halogens is 1. The Bertz CT molecular complexity index is 512. The van der Waals surface area contributed by atoms with Crippen molar-refractivity contribution in [3.63, 3.8) is 0 Å². The van der Waals surface area contributed by atoms with Crippen molar-refractivity contribution in [2.75, 3.05) is 12.4 Å². The lowest BCUT2D eigenvalue weighted by atomic mass is 9.76. The van der Waals surface area contributed by atoms with Gasteiger partial charge >= 0.3 is 12.0 Å². The van der Waals surface area contributed by atoms with Crippen LogP contribution in [-0.2, 0) is 4.79 Å². The van der Waals surface area contributed by atoms with Gasteiger partial charge in [-0.1, -0.05) is 31.4 Å². The largest absolute Gasteiger partial charge is 0.480 e. The van der Waals surface area contributed by atoms with E-state index >= 15 is 0 Å². The van der Waals surface area contributed by atoms with Crippen LogP contribution < -0.4 is 10.1 Å². The number of ether oxygens (including phenoxy) is 1. The second-order valence-corrected chi connectivity index (χ2v) is 5.67. The zero-order valence-electron chi connectivity index (χ0n) is 11.5. The van der Waals surface area contributed by atoms with E-state index in [9.17, 15) is 9.90 Å². The Balaban J connectivity index is 2.31. The molecular formula is C13H18ClN3O3. The number of methoxy groups -OCH3 is 1. The van der Waals surface area contributed by atoms with Gasteiger partial charge in [0.2, 0.25) is 0 Å². The van der Waals surface area contributed by atoms with Gasteiger partial charge in [0.15, 0.2) is 5.82 Å². The van der Waals surface area contributed by atoms with Crippen LogP contribution in [0.3, 0.4) is 0 Å². The molecule has 20 heavy (non-hydrogen) atoms. The molecule has 7 heteroatoms. The number of anilines is 1. The van der Waals surface area contributed by atoms with Crippen molar-refractivity contribution in [3.8, 4) is 6.01 Å². The number of rotatable bonds is 4. The standard InChI is InChI=1S/C13H18ClN3O3/c1-8-4-3-5-13(6-8,11(18)19)17-10-9(14)7-15-12(16-10)20-2/h7-8H,3-6H2,1-2H3,(H,18,19)(H,15,16,17). The summed E-state index contributed by atoms with van der Waals surface area (Å²) in [6, 6.07) is 0.154. The van der Waals surface area contributed by atoms with Crippen LogP contribution in [0.25, 0.3) is 0 Å². The number of nitrogens with zero attached hydrogens (tertiary/aromatic N) is 2. The molecule has 2 atom stereocenters. The summed E-state index contributed by atoms with van der Waals surface area (Å²) < 4.78 is 4.95. The van der Waals surface area contributed by atoms with Crippen LogP contribution in [0.2, 0.25) is 5.02 Å². The van der Waals surface area contributed by atoms with Gasteiger partial charge in [-0.25, -0.2) is 9.78 Å². The molecule has 6 nitrogen and oxygen atoms in total. The molecule has 0 bridgehead atoms. The van der Waals surface area contributed by atoms with Gasteiger partial charge in [0.1, 0.15) is 10.6 Å². The van der Waals surface area contributed by atoms with E-state index in [0.717, 1.165) is 12.8 Å². The van der Waals surface area contributed by atoms with E-state index in [0.29, 0.717) is 24.6 Å². The quantitative estimate of drug-likeness (QED) is 0.889. The van der Waals surface area contributed by atoms with E-state index in [2.05, 4.69) is 22.2 Å². The normalized spacial score (nSPS) is 26.1. The summed E-state index contributed by atoms with van der Waals surface area (Å²) in [5, 5.41) is 12.9. The first-order valence-corrected chi connectivity index (χ1v) is 6.93. The SMILES string of the molecule is COc1ncc(Cl)c(NC2(C(=O)O)CCCC(C)C2)n1. The van der Waals surface area contributed by atoms with Gasteiger partial charge in [-0.15, -0.1) is 0 Å². The highest BCUT2D eigenvalue weighted by Gasteiger charge is 2.42. The third-order valence-corrected chi connectivity index (χ3v) is 3.95. The number of aliphatic carboxylic acids is 1. The van der Waals surface area contributed by atoms with E-state index < -0.39 is 11.5 Å². The number of carboxylic acids is 1. The lowest BCUT2D eigenvalue weighted by molar-refractivity contribution is -0.144. The zero-order valence-corrected chi connectivity index (χ0v) is 12.3. The summed E-state index contributed by atoms with van der Waals surface area (Å²) in [6.45, 7) is 2.06. The van der Waals surface area contributed by atoms with E-state index in [1.54, 1.807) is 0 Å². The summed E-state index contributed by atoms with van der Waals surface area (Å²) in [5.74, 6) is -0.234. The molecular weight excluding hydrogens is 282 g/mol. The Hall–Kier alpha value is -1.56. The maximum Gasteiger partial charge on any atom is 0.329 e. The topological polar surface area (TPSA) is 84.3 Å². The summed E-state index contributed by atoms with van der Waals surface area (Å²) >= 11 is 6.04. The van der Waals surface area contributed by atoms with Crippen LogP contribution in [0.5, 0.6) is 6.01 Å². The molecule has 1 heterocycles. The van der Waals surface area contributed by atoms with Gasteiger partial charge in [0.25, 0.3) is 0 Å². The van der Waals surface area contributed by atoms with E-state index in [1.807, 2.05) is 0 Å². The molecule has 1 saturated carbocycles. The first kappa shape index (κ1) is 14.8. The van der Waals surface area contributed by atoms with Gasteiger partial charge < -0.3 is 15.2 Å². The van der Waals surface area contributed by atoms with E-state index in [-0.39, 0.29) is 11.0 Å². The average Bonchev–Trinajstić information content (AvgIpc) is 2.41. The van der Waals surface area contributed by atoms with E-state index in [4.69, 9.17) is 16.3 Å². The van der Waals surface area contributed by atoms with Gasteiger partial charge in [0.05, 0.1) is 13.3 Å². The molecule has 2 rings (SSSR count). The maximum atomic E-state index is 11.7. The summed E-state index contributed by atoms with van der Waals surface area (Å²) in [4.78, 5) is 19.7. The molecule has 2 N–H and O–H groups in total. The van der Waals surface area contributed by atoms with Crippen LogP contribution in [0.4, 0.5) is 5.82 Å². The van der Waals surface area contributed by atoms with Crippen molar-refractivity contribution in [1.29, 1.82) is 0 Å². The van der Waals surface area contributed by atoms with Crippen LogP contribution in [-0.4, -0.2) is 33.7 Å². The Morgan fingerprint density at radius 1 is 1.65 bits per heavy atom. The number of carboxylic acid groups (broad SMARTS) is 1. The third-order valence-electron chi connectivity index (χ3n) is 3.67. The highest BCUT2D eigenvalue weighted by molar-refractivity contribution is 6.32. The predicted octanol–water partition coefficient (Wildman–Crippen LogP) is 2.58. The zero-order chi connectivity index (χ0) is 14.8. The lowest BCUT2D eigenvalue weighted by Crippen LogP contribution is -2.49. The van der Waals surface area contributed by atoms with Crippen molar-refractivity contribution in [2.24, 2.45) is 5.92 Å². The van der Waals surface area contributed by atoms with Crippen LogP contribution in [0.15, 0.2) is 6.20 Å². The molecule has 1 aliphatic carbocycles. The fourth-order valence-corrected chi connectivity index (χ4v) is 2.81. The van der Waals surface area contributed by atoms with Gasteiger partial charge in [0, 0.05) is 0 Å². The minimum atomic E-state index is -1.03. The molecule has 1 aromatic heterocycles. The summed E-state index contributed by atoms with van der Waals surface area (Å²) in [5.41, 5.74) is -1.03. The fraction of sp³-hybridized carbons (Fsp3) is 0.615. The molecule has 0 spiro atoms. The Kier molecular flexibility index (Phi) is 4.32. The Morgan fingerprint density at radius 3 is 3.00 bits per heavy atom. The molecule has 0 amide bonds. The van der Waals surface area contributed by atoms with Crippen molar-refractivity contribution in [3.05, 3.63) is 11.2 Å². The monoisotopic (exact) mass is 299 g/mol. The smallest absolute Gasteiger partial charge is 0.329 e. The second kappa shape index (κ2) is 5.83. The highest BCUT2D eigenvalue weighted by Crippen LogP contribution is 2.36.